The second-order valence-electron chi connectivity index (χ2n) is 6.69. The number of piperidine rings is 1. The number of piperazine rings is 1. The van der Waals surface area contributed by atoms with Gasteiger partial charge in [0.15, 0.2) is 0 Å². The van der Waals surface area contributed by atoms with Gasteiger partial charge in [0.25, 0.3) is 0 Å². The van der Waals surface area contributed by atoms with Crippen molar-refractivity contribution in [2.75, 3.05) is 13.1 Å². The number of rotatable bonds is 4. The fourth-order valence-electron chi connectivity index (χ4n) is 3.35. The van der Waals surface area contributed by atoms with Crippen LogP contribution in [0.15, 0.2) is 12.4 Å². The molecule has 0 N–H and O–H groups in total. The second kappa shape index (κ2) is 4.91. The van der Waals surface area contributed by atoms with Crippen LogP contribution in [0.5, 0.6) is 0 Å². The summed E-state index contributed by atoms with van der Waals surface area (Å²) in [6.45, 7) is 12.5. The molecule has 4 nitrogen and oxygen atoms in total. The molecule has 1 aromatic heterocycles. The molecule has 3 aliphatic heterocycles. The minimum absolute atomic E-state index is 0.459. The van der Waals surface area contributed by atoms with Crippen molar-refractivity contribution in [3.8, 4) is 0 Å². The van der Waals surface area contributed by atoms with Crippen molar-refractivity contribution in [2.24, 2.45) is 0 Å². The highest BCUT2D eigenvalue weighted by atomic mass is 15.4. The molecule has 2 bridgehead atoms. The van der Waals surface area contributed by atoms with E-state index in [-0.39, 0.29) is 0 Å². The summed E-state index contributed by atoms with van der Waals surface area (Å²) >= 11 is 0. The standard InChI is InChI=1S/C15H26N4/c1-11(2)17-9-14-5-15(10-17)18(14)7-13-6-16-19(8-13)12(3)4/h6,8,11-12,14-15H,5,7,9-10H2,1-4H3. The monoisotopic (exact) mass is 262 g/mol. The van der Waals surface area contributed by atoms with Crippen LogP contribution in [0.4, 0.5) is 0 Å². The van der Waals surface area contributed by atoms with Crippen molar-refractivity contribution < 1.29 is 0 Å². The Hall–Kier alpha value is -0.870. The highest BCUT2D eigenvalue weighted by Crippen LogP contribution is 2.34. The molecule has 2 unspecified atom stereocenters. The Kier molecular flexibility index (Phi) is 3.39. The summed E-state index contributed by atoms with van der Waals surface area (Å²) < 4.78 is 2.06. The van der Waals surface area contributed by atoms with Crippen LogP contribution in [0.25, 0.3) is 0 Å². The predicted molar refractivity (Wildman–Crippen MR) is 77.1 cm³/mol. The summed E-state index contributed by atoms with van der Waals surface area (Å²) in [7, 11) is 0. The first-order valence-electron chi connectivity index (χ1n) is 7.57. The quantitative estimate of drug-likeness (QED) is 0.831. The Morgan fingerprint density at radius 3 is 2.37 bits per heavy atom. The van der Waals surface area contributed by atoms with Crippen LogP contribution in [0.3, 0.4) is 0 Å². The van der Waals surface area contributed by atoms with E-state index < -0.39 is 0 Å². The molecular formula is C15H26N4. The maximum Gasteiger partial charge on any atom is 0.0534 e. The number of hydrogen-bond acceptors (Lipinski definition) is 3. The van der Waals surface area contributed by atoms with E-state index in [0.717, 1.165) is 18.6 Å². The maximum atomic E-state index is 4.44. The molecule has 2 atom stereocenters. The first-order chi connectivity index (χ1) is 9.04. The fourth-order valence-corrected chi connectivity index (χ4v) is 3.35. The molecule has 1 aromatic rings. The van der Waals surface area contributed by atoms with Crippen molar-refractivity contribution in [3.63, 3.8) is 0 Å². The Morgan fingerprint density at radius 2 is 1.84 bits per heavy atom. The summed E-state index contributed by atoms with van der Waals surface area (Å²) in [5, 5.41) is 4.44. The largest absolute Gasteiger partial charge is 0.298 e. The Labute approximate surface area is 116 Å². The number of hydrogen-bond donors (Lipinski definition) is 0. The third-order valence-corrected chi connectivity index (χ3v) is 4.65. The summed E-state index contributed by atoms with van der Waals surface area (Å²) in [6, 6.07) is 2.68. The Balaban J connectivity index is 1.60. The minimum Gasteiger partial charge on any atom is -0.298 e. The van der Waals surface area contributed by atoms with Crippen LogP contribution in [-0.4, -0.2) is 50.8 Å². The van der Waals surface area contributed by atoms with Gasteiger partial charge in [0.1, 0.15) is 0 Å². The van der Waals surface area contributed by atoms with Gasteiger partial charge in [0.05, 0.1) is 6.20 Å². The number of nitrogens with zero attached hydrogens (tertiary/aromatic N) is 4. The Bertz CT molecular complexity index is 425. The van der Waals surface area contributed by atoms with Crippen LogP contribution >= 0.6 is 0 Å². The molecule has 0 spiro atoms. The van der Waals surface area contributed by atoms with E-state index in [4.69, 9.17) is 0 Å². The summed E-state index contributed by atoms with van der Waals surface area (Å²) in [4.78, 5) is 5.29. The van der Waals surface area contributed by atoms with Gasteiger partial charge in [-0.2, -0.15) is 5.10 Å². The Morgan fingerprint density at radius 1 is 1.16 bits per heavy atom. The van der Waals surface area contributed by atoms with E-state index >= 15 is 0 Å². The first kappa shape index (κ1) is 13.1. The normalized spacial score (nSPS) is 28.1. The van der Waals surface area contributed by atoms with Gasteiger partial charge in [-0.3, -0.25) is 14.5 Å². The van der Waals surface area contributed by atoms with Gasteiger partial charge in [-0.15, -0.1) is 0 Å². The molecule has 3 saturated heterocycles. The number of aromatic nitrogens is 2. The molecule has 4 heteroatoms. The van der Waals surface area contributed by atoms with Crippen molar-refractivity contribution in [2.45, 2.75) is 64.8 Å². The van der Waals surface area contributed by atoms with Gasteiger partial charge >= 0.3 is 0 Å². The molecule has 0 saturated carbocycles. The lowest BCUT2D eigenvalue weighted by molar-refractivity contribution is -0.0835. The highest BCUT2D eigenvalue weighted by Gasteiger charge is 2.44. The lowest BCUT2D eigenvalue weighted by Crippen LogP contribution is -2.68. The van der Waals surface area contributed by atoms with Gasteiger partial charge in [-0.25, -0.2) is 0 Å². The van der Waals surface area contributed by atoms with E-state index in [9.17, 15) is 0 Å². The van der Waals surface area contributed by atoms with Crippen LogP contribution in [0.2, 0.25) is 0 Å². The molecule has 3 aliphatic rings. The van der Waals surface area contributed by atoms with Crippen molar-refractivity contribution in [1.29, 1.82) is 0 Å². The molecule has 3 fully saturated rings. The van der Waals surface area contributed by atoms with E-state index in [0.29, 0.717) is 12.1 Å². The van der Waals surface area contributed by atoms with Gasteiger partial charge in [-0.05, 0) is 34.1 Å². The fraction of sp³-hybridized carbons (Fsp3) is 0.800. The van der Waals surface area contributed by atoms with Gasteiger partial charge in [0, 0.05) is 55.6 Å². The smallest absolute Gasteiger partial charge is 0.0534 e. The third kappa shape index (κ3) is 2.43. The number of fused-ring (bicyclic) bond motifs is 2. The first-order valence-corrected chi connectivity index (χ1v) is 7.57. The average Bonchev–Trinajstić information content (AvgIpc) is 2.84. The lowest BCUT2D eigenvalue weighted by atomic mass is 9.86. The van der Waals surface area contributed by atoms with Crippen LogP contribution in [-0.2, 0) is 6.54 Å². The molecule has 19 heavy (non-hydrogen) atoms. The molecular weight excluding hydrogens is 236 g/mol. The highest BCUT2D eigenvalue weighted by molar-refractivity contribution is 5.09. The van der Waals surface area contributed by atoms with E-state index in [1.165, 1.54) is 25.1 Å². The predicted octanol–water partition coefficient (Wildman–Crippen LogP) is 2.13. The lowest BCUT2D eigenvalue weighted by Gasteiger charge is -2.57. The summed E-state index contributed by atoms with van der Waals surface area (Å²) in [5.41, 5.74) is 1.36. The van der Waals surface area contributed by atoms with E-state index in [2.05, 4.69) is 53.5 Å². The maximum absolute atomic E-state index is 4.44. The zero-order chi connectivity index (χ0) is 13.6. The molecule has 4 rings (SSSR count). The molecule has 4 heterocycles. The van der Waals surface area contributed by atoms with Gasteiger partial charge in [-0.1, -0.05) is 0 Å². The van der Waals surface area contributed by atoms with Gasteiger partial charge < -0.3 is 0 Å². The van der Waals surface area contributed by atoms with Gasteiger partial charge in [0.2, 0.25) is 0 Å². The third-order valence-electron chi connectivity index (χ3n) is 4.65. The summed E-state index contributed by atoms with van der Waals surface area (Å²) in [5.74, 6) is 0. The van der Waals surface area contributed by atoms with Crippen LogP contribution in [0.1, 0.15) is 45.7 Å². The van der Waals surface area contributed by atoms with Crippen molar-refractivity contribution >= 4 is 0 Å². The molecule has 0 aliphatic carbocycles. The van der Waals surface area contributed by atoms with E-state index in [1.54, 1.807) is 0 Å². The van der Waals surface area contributed by atoms with E-state index in [1.807, 2.05) is 6.20 Å². The molecule has 0 amide bonds. The SMILES string of the molecule is CC(C)N1CC2CC(C1)N2Cc1cnn(C(C)C)c1. The van der Waals surface area contributed by atoms with Crippen LogP contribution < -0.4 is 0 Å². The zero-order valence-electron chi connectivity index (χ0n) is 12.6. The molecule has 0 radical (unpaired) electrons. The van der Waals surface area contributed by atoms with Crippen molar-refractivity contribution in [3.05, 3.63) is 18.0 Å². The molecule has 106 valence electrons. The average molecular weight is 262 g/mol. The summed E-state index contributed by atoms with van der Waals surface area (Å²) in [6.07, 6.45) is 5.63. The van der Waals surface area contributed by atoms with Crippen LogP contribution in [0, 0.1) is 0 Å². The topological polar surface area (TPSA) is 24.3 Å². The minimum atomic E-state index is 0.459. The molecule has 0 aromatic carbocycles. The zero-order valence-corrected chi connectivity index (χ0v) is 12.6. The van der Waals surface area contributed by atoms with Crippen molar-refractivity contribution in [1.82, 2.24) is 19.6 Å². The second-order valence-corrected chi connectivity index (χ2v) is 6.69.